The quantitative estimate of drug-likeness (QED) is 0.448. The normalized spacial score (nSPS) is 21.4. The molecule has 4 rings (SSSR count). The van der Waals surface area contributed by atoms with Gasteiger partial charge in [-0.25, -0.2) is 9.50 Å². The molecule has 36 heavy (non-hydrogen) atoms. The largest absolute Gasteiger partial charge is 0.416 e. The number of aromatic nitrogens is 3. The van der Waals surface area contributed by atoms with Gasteiger partial charge in [-0.1, -0.05) is 0 Å². The number of hydrogen-bond acceptors (Lipinski definition) is 6. The second-order valence-corrected chi connectivity index (χ2v) is 9.86. The summed E-state index contributed by atoms with van der Waals surface area (Å²) >= 11 is 0. The van der Waals surface area contributed by atoms with Crippen LogP contribution in [0, 0.1) is 12.8 Å². The van der Waals surface area contributed by atoms with Crippen LogP contribution < -0.4 is 11.1 Å². The average Bonchev–Trinajstić information content (AvgIpc) is 3.23. The minimum Gasteiger partial charge on any atom is -0.399 e. The van der Waals surface area contributed by atoms with Crippen molar-refractivity contribution < 1.29 is 23.1 Å². The molecule has 0 spiro atoms. The fraction of sp³-hybridized carbons (Fsp3) is 0.480. The lowest BCUT2D eigenvalue weighted by atomic mass is 9.75. The highest BCUT2D eigenvalue weighted by Gasteiger charge is 2.38. The zero-order chi connectivity index (χ0) is 26.4. The molecule has 4 N–H and O–H groups in total. The van der Waals surface area contributed by atoms with E-state index in [4.69, 9.17) is 5.73 Å². The Balaban J connectivity index is 1.61. The van der Waals surface area contributed by atoms with E-state index < -0.39 is 23.4 Å². The van der Waals surface area contributed by atoms with Gasteiger partial charge in [-0.3, -0.25) is 4.79 Å². The number of alkyl halides is 3. The Bertz CT molecular complexity index is 1280. The zero-order valence-corrected chi connectivity index (χ0v) is 20.7. The van der Waals surface area contributed by atoms with Gasteiger partial charge < -0.3 is 21.1 Å². The molecule has 1 amide bonds. The molecule has 1 aliphatic carbocycles. The number of carbonyl (C=O) groups excluding carboxylic acids is 1. The van der Waals surface area contributed by atoms with Gasteiger partial charge in [0.2, 0.25) is 5.91 Å². The molecule has 0 aliphatic heterocycles. The molecule has 8 nitrogen and oxygen atoms in total. The number of rotatable bonds is 5. The summed E-state index contributed by atoms with van der Waals surface area (Å²) in [6.07, 6.45) is -0.750. The van der Waals surface area contributed by atoms with Gasteiger partial charge in [-0.2, -0.15) is 18.3 Å². The number of aryl methyl sites for hydroxylation is 1. The molecule has 1 aromatic carbocycles. The molecule has 1 saturated carbocycles. The van der Waals surface area contributed by atoms with Crippen molar-refractivity contribution in [1.82, 2.24) is 19.5 Å². The topological polar surface area (TPSA) is 109 Å². The third-order valence-corrected chi connectivity index (χ3v) is 6.87. The lowest BCUT2D eigenvalue weighted by Gasteiger charge is -2.35. The van der Waals surface area contributed by atoms with Crippen LogP contribution in [0.2, 0.25) is 0 Å². The number of anilines is 2. The lowest BCUT2D eigenvalue weighted by molar-refractivity contribution is -0.138. The Labute approximate surface area is 207 Å². The van der Waals surface area contributed by atoms with Gasteiger partial charge in [0, 0.05) is 37.5 Å². The Morgan fingerprint density at radius 3 is 2.53 bits per heavy atom. The Hall–Kier alpha value is -3.34. The van der Waals surface area contributed by atoms with Crippen LogP contribution in [0.3, 0.4) is 0 Å². The molecule has 0 saturated heterocycles. The van der Waals surface area contributed by atoms with Crippen molar-refractivity contribution in [1.29, 1.82) is 0 Å². The molecule has 0 radical (unpaired) electrons. The maximum absolute atomic E-state index is 13.3. The third kappa shape index (κ3) is 5.11. The van der Waals surface area contributed by atoms with E-state index in [-0.39, 0.29) is 17.5 Å². The van der Waals surface area contributed by atoms with Gasteiger partial charge in [0.1, 0.15) is 11.3 Å². The van der Waals surface area contributed by atoms with Crippen molar-refractivity contribution in [3.8, 4) is 0 Å². The molecule has 194 valence electrons. The second-order valence-electron chi connectivity index (χ2n) is 9.86. The molecule has 0 unspecified atom stereocenters. The smallest absolute Gasteiger partial charge is 0.399 e. The minimum atomic E-state index is -4.51. The molecule has 11 heteroatoms. The van der Waals surface area contributed by atoms with Crippen LogP contribution in [-0.4, -0.2) is 44.6 Å². The Kier molecular flexibility index (Phi) is 6.63. The third-order valence-electron chi connectivity index (χ3n) is 6.87. The van der Waals surface area contributed by atoms with E-state index in [0.29, 0.717) is 54.0 Å². The first-order chi connectivity index (χ1) is 16.8. The van der Waals surface area contributed by atoms with Crippen LogP contribution in [0.25, 0.3) is 5.52 Å². The average molecular weight is 505 g/mol. The van der Waals surface area contributed by atoms with Crippen LogP contribution in [0.4, 0.5) is 24.7 Å². The minimum absolute atomic E-state index is 0.0213. The first-order valence-electron chi connectivity index (χ1n) is 11.8. The number of hydrogen-bond donors (Lipinski definition) is 3. The predicted molar refractivity (Wildman–Crippen MR) is 130 cm³/mol. The summed E-state index contributed by atoms with van der Waals surface area (Å²) in [4.78, 5) is 18.4. The number of benzene rings is 1. The number of fused-ring (bicyclic) bond motifs is 1. The molecule has 2 heterocycles. The first kappa shape index (κ1) is 25.7. The van der Waals surface area contributed by atoms with Crippen molar-refractivity contribution in [3.05, 3.63) is 53.0 Å². The van der Waals surface area contributed by atoms with Gasteiger partial charge in [0.15, 0.2) is 5.82 Å². The fourth-order valence-corrected chi connectivity index (χ4v) is 4.84. The SMILES string of the molecule is Cc1nc(N[C@H](C)c2cc(N)cc(C(F)(F)F)c2)c2cc([C@]3(O)CC[C@H](C(=O)N(C)C)CC3)cn2n1. The van der Waals surface area contributed by atoms with Gasteiger partial charge >= 0.3 is 6.18 Å². The van der Waals surface area contributed by atoms with E-state index in [2.05, 4.69) is 15.4 Å². The molecule has 2 aromatic heterocycles. The summed E-state index contributed by atoms with van der Waals surface area (Å²) in [5, 5.41) is 19.0. The Morgan fingerprint density at radius 1 is 1.25 bits per heavy atom. The molecular weight excluding hydrogens is 473 g/mol. The zero-order valence-electron chi connectivity index (χ0n) is 20.7. The highest BCUT2D eigenvalue weighted by molar-refractivity contribution is 5.78. The first-order valence-corrected chi connectivity index (χ1v) is 11.8. The highest BCUT2D eigenvalue weighted by Crippen LogP contribution is 2.41. The van der Waals surface area contributed by atoms with Gasteiger partial charge in [-0.15, -0.1) is 0 Å². The van der Waals surface area contributed by atoms with E-state index in [1.54, 1.807) is 49.6 Å². The van der Waals surface area contributed by atoms with E-state index in [9.17, 15) is 23.1 Å². The van der Waals surface area contributed by atoms with Crippen LogP contribution in [0.5, 0.6) is 0 Å². The monoisotopic (exact) mass is 504 g/mol. The van der Waals surface area contributed by atoms with Crippen LogP contribution in [0.15, 0.2) is 30.5 Å². The summed E-state index contributed by atoms with van der Waals surface area (Å²) < 4.78 is 41.4. The van der Waals surface area contributed by atoms with Crippen LogP contribution in [-0.2, 0) is 16.6 Å². The molecule has 1 fully saturated rings. The predicted octanol–water partition coefficient (Wildman–Crippen LogP) is 4.28. The summed E-state index contributed by atoms with van der Waals surface area (Å²) in [7, 11) is 3.46. The summed E-state index contributed by atoms with van der Waals surface area (Å²) in [5.74, 6) is 0.834. The number of nitrogens with two attached hydrogens (primary N) is 1. The van der Waals surface area contributed by atoms with Crippen molar-refractivity contribution in [2.75, 3.05) is 25.1 Å². The van der Waals surface area contributed by atoms with E-state index in [0.717, 1.165) is 12.1 Å². The fourth-order valence-electron chi connectivity index (χ4n) is 4.84. The van der Waals surface area contributed by atoms with E-state index in [1.165, 1.54) is 6.07 Å². The molecule has 3 aromatic rings. The molecule has 0 bridgehead atoms. The van der Waals surface area contributed by atoms with E-state index >= 15 is 0 Å². The maximum atomic E-state index is 13.3. The van der Waals surface area contributed by atoms with Gasteiger partial charge in [0.05, 0.1) is 17.2 Å². The van der Waals surface area contributed by atoms with Crippen LogP contribution in [0.1, 0.15) is 61.2 Å². The highest BCUT2D eigenvalue weighted by atomic mass is 19.4. The van der Waals surface area contributed by atoms with Gasteiger partial charge in [0.25, 0.3) is 0 Å². The van der Waals surface area contributed by atoms with Crippen molar-refractivity contribution >= 4 is 22.9 Å². The summed E-state index contributed by atoms with van der Waals surface area (Å²) in [5.41, 5.74) is 5.45. The second kappa shape index (κ2) is 9.27. The number of amides is 1. The van der Waals surface area contributed by atoms with Crippen molar-refractivity contribution in [3.63, 3.8) is 0 Å². The van der Waals surface area contributed by atoms with Gasteiger partial charge in [-0.05, 0) is 69.4 Å². The van der Waals surface area contributed by atoms with Crippen molar-refractivity contribution in [2.24, 2.45) is 5.92 Å². The van der Waals surface area contributed by atoms with E-state index in [1.807, 2.05) is 0 Å². The number of carbonyl (C=O) groups is 1. The molecule has 1 atom stereocenters. The number of halogens is 3. The number of nitrogen functional groups attached to an aromatic ring is 1. The number of aliphatic hydroxyl groups is 1. The standard InChI is InChI=1S/C25H31F3N6O2/c1-14(17-9-18(25(26,27)28)11-20(29)10-17)30-22-21-12-19(13-34(21)32-15(2)31-22)24(36)7-5-16(6-8-24)23(35)33(3)4/h9-14,16,36H,5-8,29H2,1-4H3,(H,30,31,32)/t14-,16-,24-/m1/s1. The number of nitrogens with zero attached hydrogens (tertiary/aromatic N) is 4. The molecular formula is C25H31F3N6O2. The summed E-state index contributed by atoms with van der Waals surface area (Å²) in [6.45, 7) is 3.44. The van der Waals surface area contributed by atoms with Crippen LogP contribution >= 0.6 is 0 Å². The van der Waals surface area contributed by atoms with Crippen molar-refractivity contribution in [2.45, 2.75) is 57.3 Å². The number of nitrogens with one attached hydrogen (secondary N) is 1. The Morgan fingerprint density at radius 2 is 1.92 bits per heavy atom. The maximum Gasteiger partial charge on any atom is 0.416 e. The summed E-state index contributed by atoms with van der Waals surface area (Å²) in [6, 6.07) is 4.73. The molecule has 1 aliphatic rings. The lowest BCUT2D eigenvalue weighted by Crippen LogP contribution is -2.37.